The number of hydrogen-bond donors (Lipinski definition) is 2. The molecule has 0 spiro atoms. The van der Waals surface area contributed by atoms with Crippen LogP contribution in [0.1, 0.15) is 58.5 Å². The van der Waals surface area contributed by atoms with Gasteiger partial charge in [-0.25, -0.2) is 0 Å². The number of fused-ring (bicyclic) bond motifs is 3. The molecule has 2 aliphatic rings. The van der Waals surface area contributed by atoms with Gasteiger partial charge in [-0.2, -0.15) is 5.10 Å². The monoisotopic (exact) mass is 858 g/mol. The number of carbonyl (C=O) groups is 2. The first-order valence-electron chi connectivity index (χ1n) is 18.6. The van der Waals surface area contributed by atoms with E-state index in [2.05, 4.69) is 39.8 Å². The molecule has 0 bridgehead atoms. The molecular weight excluding hydrogens is 815 g/mol. The highest BCUT2D eigenvalue weighted by atomic mass is 35.5. The summed E-state index contributed by atoms with van der Waals surface area (Å²) in [4.78, 5) is 31.8. The number of anilines is 1. The topological polar surface area (TPSA) is 154 Å². The van der Waals surface area contributed by atoms with Gasteiger partial charge in [-0.15, -0.1) is 21.5 Å². The summed E-state index contributed by atoms with van der Waals surface area (Å²) in [6.07, 6.45) is 0.922. The van der Waals surface area contributed by atoms with Gasteiger partial charge < -0.3 is 29.6 Å². The molecule has 1 atom stereocenters. The number of benzene rings is 2. The van der Waals surface area contributed by atoms with E-state index in [1.54, 1.807) is 28.5 Å². The second kappa shape index (κ2) is 20.7. The van der Waals surface area contributed by atoms with Crippen molar-refractivity contribution in [1.29, 1.82) is 0 Å². The highest BCUT2D eigenvalue weighted by molar-refractivity contribution is 7.15. The van der Waals surface area contributed by atoms with Crippen LogP contribution in [0.3, 0.4) is 0 Å². The van der Waals surface area contributed by atoms with Gasteiger partial charge in [0.15, 0.2) is 5.82 Å². The Bertz CT molecular complexity index is 2090. The third-order valence-corrected chi connectivity index (χ3v) is 11.4. The van der Waals surface area contributed by atoms with E-state index in [1.807, 2.05) is 41.8 Å². The molecule has 2 aromatic heterocycles. The van der Waals surface area contributed by atoms with Gasteiger partial charge in [0.1, 0.15) is 22.7 Å². The van der Waals surface area contributed by atoms with E-state index in [0.29, 0.717) is 92.5 Å². The van der Waals surface area contributed by atoms with Gasteiger partial charge in [0, 0.05) is 40.5 Å². The van der Waals surface area contributed by atoms with Crippen LogP contribution in [0.25, 0.3) is 5.00 Å². The second-order valence-corrected chi connectivity index (χ2v) is 15.7. The molecule has 4 aromatic rings. The van der Waals surface area contributed by atoms with Crippen molar-refractivity contribution in [2.45, 2.75) is 46.1 Å². The van der Waals surface area contributed by atoms with Crippen molar-refractivity contribution in [3.8, 4) is 5.00 Å². The number of aryl methyl sites for hydroxylation is 2. The molecule has 6 rings (SSSR count). The van der Waals surface area contributed by atoms with Crippen molar-refractivity contribution in [2.24, 2.45) is 10.1 Å². The van der Waals surface area contributed by atoms with E-state index in [1.165, 1.54) is 4.88 Å². The van der Waals surface area contributed by atoms with Crippen LogP contribution < -0.4 is 15.6 Å². The first-order valence-corrected chi connectivity index (χ1v) is 20.6. The van der Waals surface area contributed by atoms with Gasteiger partial charge >= 0.3 is 0 Å². The lowest BCUT2D eigenvalue weighted by molar-refractivity contribution is -0.122. The molecule has 4 heterocycles. The SMILES string of the molecule is Cc1sc2c(c1C)C(c1ccc(Cl)cc1)=N[C@@H](CC(=O)NCCOCCOCCOCCOCCC(=O)NC1=NN(c3ccc(Cl)c(Cl)c3)CC1)c1nnc(C)n1-2. The fourth-order valence-electron chi connectivity index (χ4n) is 6.17. The van der Waals surface area contributed by atoms with E-state index in [9.17, 15) is 9.59 Å². The number of halogens is 3. The molecule has 2 amide bonds. The molecule has 2 aliphatic heterocycles. The van der Waals surface area contributed by atoms with Gasteiger partial charge in [-0.3, -0.25) is 24.2 Å². The molecule has 18 heteroatoms. The zero-order valence-electron chi connectivity index (χ0n) is 32.0. The van der Waals surface area contributed by atoms with Gasteiger partial charge in [-0.05, 0) is 56.7 Å². The van der Waals surface area contributed by atoms with Crippen LogP contribution in [0.15, 0.2) is 52.6 Å². The van der Waals surface area contributed by atoms with E-state index in [-0.39, 0.29) is 31.3 Å². The number of aliphatic imine (C=N–C) groups is 1. The Morgan fingerprint density at radius 2 is 1.53 bits per heavy atom. The van der Waals surface area contributed by atoms with Crippen LogP contribution in [0.2, 0.25) is 15.1 Å². The van der Waals surface area contributed by atoms with Crippen molar-refractivity contribution < 1.29 is 28.5 Å². The van der Waals surface area contributed by atoms with Crippen LogP contribution in [0.5, 0.6) is 0 Å². The summed E-state index contributed by atoms with van der Waals surface area (Å²) in [5.41, 5.74) is 4.68. The summed E-state index contributed by atoms with van der Waals surface area (Å²) in [7, 11) is 0. The summed E-state index contributed by atoms with van der Waals surface area (Å²) in [5.74, 6) is 1.63. The maximum absolute atomic E-state index is 13.2. The summed E-state index contributed by atoms with van der Waals surface area (Å²) >= 11 is 20.0. The van der Waals surface area contributed by atoms with Gasteiger partial charge in [0.25, 0.3) is 0 Å². The fraction of sp³-hybridized carbons (Fsp3) is 0.436. The number of rotatable bonds is 19. The molecule has 2 aromatic carbocycles. The molecule has 304 valence electrons. The zero-order chi connectivity index (χ0) is 40.3. The van der Waals surface area contributed by atoms with Crippen LogP contribution >= 0.6 is 46.1 Å². The number of nitrogens with zero attached hydrogens (tertiary/aromatic N) is 6. The van der Waals surface area contributed by atoms with E-state index < -0.39 is 6.04 Å². The number of thiophene rings is 1. The Morgan fingerprint density at radius 1 is 0.842 bits per heavy atom. The van der Waals surface area contributed by atoms with Crippen molar-refractivity contribution in [1.82, 2.24) is 25.4 Å². The molecule has 0 fully saturated rings. The lowest BCUT2D eigenvalue weighted by Crippen LogP contribution is -2.30. The Balaban J connectivity index is 0.812. The normalized spacial score (nSPS) is 14.8. The first-order chi connectivity index (χ1) is 27.6. The smallest absolute Gasteiger partial charge is 0.227 e. The molecule has 0 unspecified atom stereocenters. The van der Waals surface area contributed by atoms with Crippen molar-refractivity contribution in [3.63, 3.8) is 0 Å². The Hall–Kier alpha value is -3.93. The fourth-order valence-corrected chi connectivity index (χ4v) is 7.80. The number of amidine groups is 1. The molecular formula is C39H45Cl3N8O6S. The van der Waals surface area contributed by atoms with Gasteiger partial charge in [0.2, 0.25) is 11.8 Å². The van der Waals surface area contributed by atoms with E-state index in [4.69, 9.17) is 58.7 Å². The van der Waals surface area contributed by atoms with Crippen molar-refractivity contribution in [2.75, 3.05) is 71.0 Å². The maximum atomic E-state index is 13.2. The van der Waals surface area contributed by atoms with Crippen LogP contribution in [-0.4, -0.2) is 104 Å². The second-order valence-electron chi connectivity index (χ2n) is 13.2. The Labute approximate surface area is 350 Å². The van der Waals surface area contributed by atoms with Crippen molar-refractivity contribution in [3.05, 3.63) is 90.7 Å². The van der Waals surface area contributed by atoms with E-state index in [0.717, 1.165) is 38.9 Å². The van der Waals surface area contributed by atoms with Crippen molar-refractivity contribution >= 4 is 75.2 Å². The zero-order valence-corrected chi connectivity index (χ0v) is 35.1. The highest BCUT2D eigenvalue weighted by Crippen LogP contribution is 2.39. The molecule has 0 radical (unpaired) electrons. The third kappa shape index (κ3) is 11.4. The standard InChI is InChI=1S/C39H45Cl3N8O6S/c1-24-25(2)57-39-36(24)37(27-4-6-28(40)7-5-27)44-32(38-47-46-26(3)50(38)39)23-35(52)43-12-15-54-17-19-56-21-20-55-18-16-53-14-11-34(51)45-33-10-13-49(48-33)29-8-9-30(41)31(42)22-29/h4-9,22,32H,10-21,23H2,1-3H3,(H,43,52)(H,45,48,51)/t32-/m0/s1. The summed E-state index contributed by atoms with van der Waals surface area (Å²) in [6.45, 7) is 9.99. The van der Waals surface area contributed by atoms with Crippen LogP contribution in [0.4, 0.5) is 5.69 Å². The van der Waals surface area contributed by atoms with Gasteiger partial charge in [0.05, 0.1) is 87.1 Å². The van der Waals surface area contributed by atoms with E-state index >= 15 is 0 Å². The maximum Gasteiger partial charge on any atom is 0.227 e. The van der Waals surface area contributed by atoms with Gasteiger partial charge in [-0.1, -0.05) is 46.9 Å². The number of ether oxygens (including phenoxy) is 4. The molecule has 0 aliphatic carbocycles. The molecule has 0 saturated carbocycles. The number of hydrogen-bond acceptors (Lipinski definition) is 12. The average molecular weight is 860 g/mol. The molecule has 2 N–H and O–H groups in total. The lowest BCUT2D eigenvalue weighted by Gasteiger charge is -2.13. The molecule has 14 nitrogen and oxygen atoms in total. The number of hydrazone groups is 1. The minimum Gasteiger partial charge on any atom is -0.379 e. The molecule has 57 heavy (non-hydrogen) atoms. The minimum atomic E-state index is -0.543. The molecule has 0 saturated heterocycles. The number of aromatic nitrogens is 3. The number of amides is 2. The minimum absolute atomic E-state index is 0.101. The number of carbonyl (C=O) groups excluding carboxylic acids is 2. The van der Waals surface area contributed by atoms with Crippen LogP contribution in [0, 0.1) is 20.8 Å². The van der Waals surface area contributed by atoms with Crippen LogP contribution in [-0.2, 0) is 28.5 Å². The Kier molecular flexibility index (Phi) is 15.5. The summed E-state index contributed by atoms with van der Waals surface area (Å²) in [5, 5.41) is 23.4. The number of nitrogens with one attached hydrogen (secondary N) is 2. The quantitative estimate of drug-likeness (QED) is 0.102. The third-order valence-electron chi connectivity index (χ3n) is 9.18. The summed E-state index contributed by atoms with van der Waals surface area (Å²) in [6, 6.07) is 12.3. The largest absolute Gasteiger partial charge is 0.379 e. The first kappa shape index (κ1) is 42.7. The lowest BCUT2D eigenvalue weighted by atomic mass is 9.99. The predicted octanol–water partition coefficient (Wildman–Crippen LogP) is 6.41. The average Bonchev–Trinajstić information content (AvgIpc) is 3.87. The Morgan fingerprint density at radius 3 is 2.23 bits per heavy atom. The highest BCUT2D eigenvalue weighted by Gasteiger charge is 2.32. The predicted molar refractivity (Wildman–Crippen MR) is 223 cm³/mol. The summed E-state index contributed by atoms with van der Waals surface area (Å²) < 4.78 is 24.3.